The second-order valence-electron chi connectivity index (χ2n) is 8.37. The van der Waals surface area contributed by atoms with Crippen LogP contribution in [0.5, 0.6) is 0 Å². The van der Waals surface area contributed by atoms with Gasteiger partial charge in [-0.2, -0.15) is 0 Å². The average Bonchev–Trinajstić information content (AvgIpc) is 3.23. The van der Waals surface area contributed by atoms with Crippen LogP contribution in [0.1, 0.15) is 58.9 Å². The molecule has 3 aromatic rings. The summed E-state index contributed by atoms with van der Waals surface area (Å²) in [7, 11) is 0. The van der Waals surface area contributed by atoms with Gasteiger partial charge in [-0.25, -0.2) is 4.79 Å². The third-order valence-electron chi connectivity index (χ3n) is 5.30. The van der Waals surface area contributed by atoms with Gasteiger partial charge in [-0.15, -0.1) is 10.2 Å². The van der Waals surface area contributed by atoms with Crippen molar-refractivity contribution in [2.75, 3.05) is 11.1 Å². The molecule has 0 spiro atoms. The van der Waals surface area contributed by atoms with Crippen molar-refractivity contribution in [2.45, 2.75) is 45.4 Å². The summed E-state index contributed by atoms with van der Waals surface area (Å²) in [6, 6.07) is 13.1. The molecule has 0 aliphatic rings. The first-order valence-electron chi connectivity index (χ1n) is 11.3. The van der Waals surface area contributed by atoms with Crippen LogP contribution < -0.4 is 10.6 Å². The van der Waals surface area contributed by atoms with E-state index in [1.165, 1.54) is 23.9 Å². The van der Waals surface area contributed by atoms with E-state index >= 15 is 0 Å². The second kappa shape index (κ2) is 11.7. The third-order valence-corrected chi connectivity index (χ3v) is 6.27. The number of nitrogens with one attached hydrogen (secondary N) is 2. The van der Waals surface area contributed by atoms with Crippen LogP contribution in [0.25, 0.3) is 0 Å². The molecule has 1 atom stereocenters. The number of benzene rings is 2. The highest BCUT2D eigenvalue weighted by Crippen LogP contribution is 2.26. The molecule has 0 aliphatic carbocycles. The van der Waals surface area contributed by atoms with Crippen molar-refractivity contribution in [3.63, 3.8) is 0 Å². The van der Waals surface area contributed by atoms with E-state index in [-0.39, 0.29) is 35.1 Å². The van der Waals surface area contributed by atoms with Gasteiger partial charge in [-0.1, -0.05) is 49.4 Å². The van der Waals surface area contributed by atoms with Crippen LogP contribution in [0.4, 0.5) is 5.69 Å². The molecule has 0 saturated heterocycles. The Labute approximate surface area is 208 Å². The molecule has 9 nitrogen and oxygen atoms in total. The second-order valence-corrected chi connectivity index (χ2v) is 9.31. The summed E-state index contributed by atoms with van der Waals surface area (Å²) in [6.45, 7) is 8.46. The number of carboxylic acids is 1. The van der Waals surface area contributed by atoms with Gasteiger partial charge in [0.05, 0.1) is 17.4 Å². The van der Waals surface area contributed by atoms with E-state index in [1.807, 2.05) is 50.5 Å². The van der Waals surface area contributed by atoms with E-state index in [2.05, 4.69) is 20.8 Å². The SMILES string of the molecule is CCn1c(SCC(=O)Nc2cccc(C(=O)O)c2)nnc1[C@H](NC(=O)c1cccc(C)c1)C(C)C. The van der Waals surface area contributed by atoms with Gasteiger partial charge in [0.2, 0.25) is 5.91 Å². The number of carbonyl (C=O) groups is 3. The Morgan fingerprint density at radius 1 is 1.06 bits per heavy atom. The highest BCUT2D eigenvalue weighted by Gasteiger charge is 2.26. The first-order valence-corrected chi connectivity index (χ1v) is 12.2. The van der Waals surface area contributed by atoms with Gasteiger partial charge in [0, 0.05) is 17.8 Å². The zero-order valence-corrected chi connectivity index (χ0v) is 20.9. The maximum atomic E-state index is 12.9. The number of hydrogen-bond acceptors (Lipinski definition) is 6. The van der Waals surface area contributed by atoms with Crippen LogP contribution in [-0.4, -0.2) is 43.4 Å². The fraction of sp³-hybridized carbons (Fsp3) is 0.320. The summed E-state index contributed by atoms with van der Waals surface area (Å²) in [5.41, 5.74) is 2.09. The zero-order valence-electron chi connectivity index (χ0n) is 20.1. The molecule has 2 amide bonds. The van der Waals surface area contributed by atoms with Crippen LogP contribution in [0.15, 0.2) is 53.7 Å². The maximum absolute atomic E-state index is 12.9. The molecule has 1 heterocycles. The minimum atomic E-state index is -1.06. The molecule has 0 bridgehead atoms. The minimum Gasteiger partial charge on any atom is -0.478 e. The molecular weight excluding hydrogens is 466 g/mol. The highest BCUT2D eigenvalue weighted by molar-refractivity contribution is 7.99. The Hall–Kier alpha value is -3.66. The fourth-order valence-electron chi connectivity index (χ4n) is 3.53. The van der Waals surface area contributed by atoms with Crippen LogP contribution >= 0.6 is 11.8 Å². The number of aryl methyl sites for hydroxylation is 1. The number of rotatable bonds is 10. The number of aromatic carboxylic acids is 1. The number of anilines is 1. The van der Waals surface area contributed by atoms with E-state index in [0.717, 1.165) is 5.56 Å². The summed E-state index contributed by atoms with van der Waals surface area (Å²) in [6.07, 6.45) is 0. The van der Waals surface area contributed by atoms with Gasteiger partial charge in [0.25, 0.3) is 5.91 Å². The lowest BCUT2D eigenvalue weighted by Crippen LogP contribution is -2.33. The van der Waals surface area contributed by atoms with Crippen molar-refractivity contribution in [1.29, 1.82) is 0 Å². The smallest absolute Gasteiger partial charge is 0.335 e. The molecule has 0 radical (unpaired) electrons. The van der Waals surface area contributed by atoms with Crippen molar-refractivity contribution in [1.82, 2.24) is 20.1 Å². The number of nitrogens with zero attached hydrogens (tertiary/aromatic N) is 3. The normalized spacial score (nSPS) is 11.8. The van der Waals surface area contributed by atoms with E-state index in [9.17, 15) is 14.4 Å². The number of thioether (sulfide) groups is 1. The number of hydrogen-bond donors (Lipinski definition) is 3. The summed E-state index contributed by atoms with van der Waals surface area (Å²) < 4.78 is 1.89. The number of carbonyl (C=O) groups excluding carboxylic acids is 2. The van der Waals surface area contributed by atoms with E-state index in [0.29, 0.717) is 28.8 Å². The van der Waals surface area contributed by atoms with Crippen LogP contribution in [-0.2, 0) is 11.3 Å². The Morgan fingerprint density at radius 2 is 1.77 bits per heavy atom. The molecule has 1 aromatic heterocycles. The maximum Gasteiger partial charge on any atom is 0.335 e. The minimum absolute atomic E-state index is 0.0564. The van der Waals surface area contributed by atoms with Crippen molar-refractivity contribution < 1.29 is 19.5 Å². The molecule has 3 rings (SSSR count). The lowest BCUT2D eigenvalue weighted by molar-refractivity contribution is -0.113. The van der Waals surface area contributed by atoms with Crippen molar-refractivity contribution in [2.24, 2.45) is 5.92 Å². The quantitative estimate of drug-likeness (QED) is 0.361. The van der Waals surface area contributed by atoms with E-state index in [1.54, 1.807) is 18.2 Å². The summed E-state index contributed by atoms with van der Waals surface area (Å²) in [5.74, 6) is -0.792. The van der Waals surface area contributed by atoms with Gasteiger partial charge >= 0.3 is 5.97 Å². The fourth-order valence-corrected chi connectivity index (χ4v) is 4.34. The first kappa shape index (κ1) is 26.0. The summed E-state index contributed by atoms with van der Waals surface area (Å²) in [4.78, 5) is 36.5. The molecule has 0 saturated carbocycles. The van der Waals surface area contributed by atoms with Gasteiger partial charge < -0.3 is 20.3 Å². The number of amides is 2. The number of aromatic nitrogens is 3. The Morgan fingerprint density at radius 3 is 2.43 bits per heavy atom. The lowest BCUT2D eigenvalue weighted by atomic mass is 10.0. The molecule has 0 aliphatic heterocycles. The molecule has 3 N–H and O–H groups in total. The van der Waals surface area contributed by atoms with Crippen LogP contribution in [0, 0.1) is 12.8 Å². The predicted molar refractivity (Wildman–Crippen MR) is 135 cm³/mol. The molecule has 2 aromatic carbocycles. The van der Waals surface area contributed by atoms with Gasteiger partial charge in [-0.3, -0.25) is 9.59 Å². The molecule has 35 heavy (non-hydrogen) atoms. The molecular formula is C25H29N5O4S. The molecule has 0 fully saturated rings. The standard InChI is InChI=1S/C25H29N5O4S/c1-5-30-22(21(15(2)3)27-23(32)17-9-6-8-16(4)12-17)28-29-25(30)35-14-20(31)26-19-11-7-10-18(13-19)24(33)34/h6-13,15,21H,5,14H2,1-4H3,(H,26,31)(H,27,32)(H,33,34)/t21-/m1/s1. The van der Waals surface area contributed by atoms with E-state index in [4.69, 9.17) is 5.11 Å². The van der Waals surface area contributed by atoms with E-state index < -0.39 is 5.97 Å². The van der Waals surface area contributed by atoms with Crippen molar-refractivity contribution >= 4 is 35.2 Å². The molecule has 10 heteroatoms. The Bertz CT molecular complexity index is 1220. The van der Waals surface area contributed by atoms with Gasteiger partial charge in [-0.05, 0) is 50.1 Å². The summed E-state index contributed by atoms with van der Waals surface area (Å²) >= 11 is 1.22. The van der Waals surface area contributed by atoms with Crippen LogP contribution in [0.2, 0.25) is 0 Å². The topological polar surface area (TPSA) is 126 Å². The third kappa shape index (κ3) is 6.69. The largest absolute Gasteiger partial charge is 0.478 e. The Kier molecular flexibility index (Phi) is 8.64. The monoisotopic (exact) mass is 495 g/mol. The van der Waals surface area contributed by atoms with Gasteiger partial charge in [0.15, 0.2) is 11.0 Å². The first-order chi connectivity index (χ1) is 16.7. The predicted octanol–water partition coefficient (Wildman–Crippen LogP) is 4.16. The number of carboxylic acid groups (broad SMARTS) is 1. The molecule has 0 unspecified atom stereocenters. The highest BCUT2D eigenvalue weighted by atomic mass is 32.2. The lowest BCUT2D eigenvalue weighted by Gasteiger charge is -2.22. The average molecular weight is 496 g/mol. The Balaban J connectivity index is 1.71. The summed E-state index contributed by atoms with van der Waals surface area (Å²) in [5, 5.41) is 24.1. The van der Waals surface area contributed by atoms with Gasteiger partial charge in [0.1, 0.15) is 0 Å². The zero-order chi connectivity index (χ0) is 25.5. The van der Waals surface area contributed by atoms with Crippen LogP contribution in [0.3, 0.4) is 0 Å². The van der Waals surface area contributed by atoms with Crippen molar-refractivity contribution in [3.8, 4) is 0 Å². The molecule has 184 valence electrons. The van der Waals surface area contributed by atoms with Crippen molar-refractivity contribution in [3.05, 3.63) is 71.0 Å².